The fourth-order valence-corrected chi connectivity index (χ4v) is 3.82. The molecule has 0 spiro atoms. The largest absolute Gasteiger partial charge is 0.345 e. The summed E-state index contributed by atoms with van der Waals surface area (Å²) in [4.78, 5) is 12.2. The Labute approximate surface area is 134 Å². The Morgan fingerprint density at radius 1 is 1.32 bits per heavy atom. The zero-order chi connectivity index (χ0) is 15.7. The van der Waals surface area contributed by atoms with Crippen LogP contribution in [0.5, 0.6) is 0 Å². The molecule has 0 saturated heterocycles. The van der Waals surface area contributed by atoms with Crippen molar-refractivity contribution in [3.05, 3.63) is 52.3 Å². The van der Waals surface area contributed by atoms with Gasteiger partial charge in [-0.25, -0.2) is 4.31 Å². The fourth-order valence-electron chi connectivity index (χ4n) is 2.71. The van der Waals surface area contributed by atoms with Crippen molar-refractivity contribution in [2.75, 3.05) is 6.54 Å². The third kappa shape index (κ3) is 2.68. The lowest BCUT2D eigenvalue weighted by Gasteiger charge is -2.27. The first-order valence-electron chi connectivity index (χ1n) is 7.18. The van der Waals surface area contributed by atoms with E-state index in [1.807, 2.05) is 36.7 Å². The van der Waals surface area contributed by atoms with E-state index in [1.54, 1.807) is 11.9 Å². The Hall–Kier alpha value is -2.03. The van der Waals surface area contributed by atoms with Gasteiger partial charge in [0.1, 0.15) is 0 Å². The zero-order valence-corrected chi connectivity index (χ0v) is 13.5. The third-order valence-electron chi connectivity index (χ3n) is 4.19. The van der Waals surface area contributed by atoms with Gasteiger partial charge in [0.15, 0.2) is 6.29 Å². The number of carbonyl (C=O) groups excluding carboxylic acids is 1. The van der Waals surface area contributed by atoms with Gasteiger partial charge in [0, 0.05) is 30.7 Å². The van der Waals surface area contributed by atoms with E-state index in [1.165, 1.54) is 11.1 Å². The number of carbonyl (C=O) groups is 1. The summed E-state index contributed by atoms with van der Waals surface area (Å²) >= 11 is 1.70. The van der Waals surface area contributed by atoms with E-state index in [2.05, 4.69) is 16.4 Å². The average molecular weight is 311 g/mol. The molecule has 0 aliphatic carbocycles. The molecule has 0 N–H and O–H groups in total. The van der Waals surface area contributed by atoms with Gasteiger partial charge in [-0.05, 0) is 54.6 Å². The summed E-state index contributed by atoms with van der Waals surface area (Å²) in [6, 6.07) is 10.1. The number of nitriles is 1. The molecule has 4 nitrogen and oxygen atoms in total. The maximum absolute atomic E-state index is 11.0. The van der Waals surface area contributed by atoms with Crippen molar-refractivity contribution in [1.82, 2.24) is 8.87 Å². The Kier molecular flexibility index (Phi) is 4.06. The molecule has 0 fully saturated rings. The highest BCUT2D eigenvalue weighted by Gasteiger charge is 2.19. The quantitative estimate of drug-likeness (QED) is 0.645. The van der Waals surface area contributed by atoms with Crippen molar-refractivity contribution in [1.29, 1.82) is 5.26 Å². The van der Waals surface area contributed by atoms with Crippen molar-refractivity contribution >= 4 is 18.2 Å². The van der Waals surface area contributed by atoms with Crippen LogP contribution in [-0.2, 0) is 20.0 Å². The molecule has 0 unspecified atom stereocenters. The van der Waals surface area contributed by atoms with Crippen LogP contribution in [0, 0.1) is 18.3 Å². The lowest BCUT2D eigenvalue weighted by Crippen LogP contribution is -2.24. The van der Waals surface area contributed by atoms with Crippen LogP contribution in [0.15, 0.2) is 29.2 Å². The van der Waals surface area contributed by atoms with Crippen molar-refractivity contribution in [3.8, 4) is 6.07 Å². The minimum atomic E-state index is 0.705. The van der Waals surface area contributed by atoms with Crippen molar-refractivity contribution in [2.45, 2.75) is 24.8 Å². The smallest absolute Gasteiger partial charge is 0.166 e. The molecular weight excluding hydrogens is 294 g/mol. The zero-order valence-electron chi connectivity index (χ0n) is 12.7. The number of benzene rings is 1. The number of aromatic nitrogens is 1. The van der Waals surface area contributed by atoms with Crippen LogP contribution in [0.1, 0.15) is 32.9 Å². The van der Waals surface area contributed by atoms with Gasteiger partial charge < -0.3 is 4.57 Å². The van der Waals surface area contributed by atoms with Crippen LogP contribution in [0.3, 0.4) is 0 Å². The van der Waals surface area contributed by atoms with E-state index < -0.39 is 0 Å². The summed E-state index contributed by atoms with van der Waals surface area (Å²) in [7, 11) is 1.91. The Bertz CT molecular complexity index is 773. The molecule has 0 radical (unpaired) electrons. The van der Waals surface area contributed by atoms with Crippen molar-refractivity contribution in [2.24, 2.45) is 7.05 Å². The summed E-state index contributed by atoms with van der Waals surface area (Å²) in [5, 5.41) is 8.97. The van der Waals surface area contributed by atoms with Crippen molar-refractivity contribution in [3.63, 3.8) is 0 Å². The van der Waals surface area contributed by atoms with E-state index >= 15 is 0 Å². The first kappa shape index (κ1) is 14.9. The van der Waals surface area contributed by atoms with Gasteiger partial charge >= 0.3 is 0 Å². The maximum Gasteiger partial charge on any atom is 0.166 e. The summed E-state index contributed by atoms with van der Waals surface area (Å²) < 4.78 is 4.23. The minimum absolute atomic E-state index is 0.705. The van der Waals surface area contributed by atoms with E-state index in [4.69, 9.17) is 5.26 Å². The summed E-state index contributed by atoms with van der Waals surface area (Å²) in [5.41, 5.74) is 5.10. The summed E-state index contributed by atoms with van der Waals surface area (Å²) in [5.74, 6) is 0. The lowest BCUT2D eigenvalue weighted by atomic mass is 9.99. The summed E-state index contributed by atoms with van der Waals surface area (Å²) in [6.45, 7) is 3.83. The number of nitrogens with zero attached hydrogens (tertiary/aromatic N) is 3. The van der Waals surface area contributed by atoms with Gasteiger partial charge in [0.2, 0.25) is 0 Å². The number of aldehydes is 1. The van der Waals surface area contributed by atoms with Gasteiger partial charge in [0.05, 0.1) is 17.3 Å². The topological polar surface area (TPSA) is 49.0 Å². The lowest BCUT2D eigenvalue weighted by molar-refractivity contribution is 0.111. The second-order valence-corrected chi connectivity index (χ2v) is 6.63. The molecule has 1 aromatic heterocycles. The maximum atomic E-state index is 11.0. The molecule has 112 valence electrons. The van der Waals surface area contributed by atoms with Crippen LogP contribution >= 0.6 is 11.9 Å². The Morgan fingerprint density at radius 2 is 2.14 bits per heavy atom. The molecule has 2 heterocycles. The van der Waals surface area contributed by atoms with E-state index in [9.17, 15) is 4.79 Å². The molecule has 1 aliphatic heterocycles. The normalized spacial score (nSPS) is 14.4. The molecule has 5 heteroatoms. The fraction of sp³-hybridized carbons (Fsp3) is 0.294. The number of rotatable bonds is 3. The van der Waals surface area contributed by atoms with Gasteiger partial charge in [-0.1, -0.05) is 6.07 Å². The van der Waals surface area contributed by atoms with Crippen LogP contribution in [0.25, 0.3) is 0 Å². The van der Waals surface area contributed by atoms with E-state index in [-0.39, 0.29) is 0 Å². The number of hydrogen-bond acceptors (Lipinski definition) is 4. The molecular formula is C17H17N3OS. The molecule has 1 aliphatic rings. The third-order valence-corrected chi connectivity index (χ3v) is 5.37. The van der Waals surface area contributed by atoms with Crippen LogP contribution in [-0.4, -0.2) is 21.7 Å². The van der Waals surface area contributed by atoms with Crippen molar-refractivity contribution < 1.29 is 4.79 Å². The van der Waals surface area contributed by atoms with E-state index in [0.717, 1.165) is 41.9 Å². The van der Waals surface area contributed by atoms with Gasteiger partial charge in [0.25, 0.3) is 0 Å². The predicted octanol–water partition coefficient (Wildman–Crippen LogP) is 3.08. The molecule has 0 atom stereocenters. The number of fused-ring (bicyclic) bond motifs is 1. The Morgan fingerprint density at radius 3 is 2.82 bits per heavy atom. The van der Waals surface area contributed by atoms with Crippen LogP contribution in [0.2, 0.25) is 0 Å². The highest BCUT2D eigenvalue weighted by atomic mass is 32.2. The standard InChI is InChI=1S/C17H17N3OS/c1-12-17(8-16(11-21)19(12)2)22-20-6-5-14-7-13(9-18)3-4-15(14)10-20/h3-4,7-8,11H,5-6,10H2,1-2H3. The second-order valence-electron chi connectivity index (χ2n) is 5.50. The molecule has 0 bridgehead atoms. The first-order valence-corrected chi connectivity index (χ1v) is 7.96. The predicted molar refractivity (Wildman–Crippen MR) is 86.7 cm³/mol. The highest BCUT2D eigenvalue weighted by Crippen LogP contribution is 2.32. The molecule has 0 saturated carbocycles. The monoisotopic (exact) mass is 311 g/mol. The average Bonchev–Trinajstić information content (AvgIpc) is 2.82. The van der Waals surface area contributed by atoms with Crippen LogP contribution in [0.4, 0.5) is 0 Å². The SMILES string of the molecule is Cc1c(SN2CCc3cc(C#N)ccc3C2)cc(C=O)n1C. The number of hydrogen-bond donors (Lipinski definition) is 0. The van der Waals surface area contributed by atoms with Crippen LogP contribution < -0.4 is 0 Å². The molecule has 0 amide bonds. The second kappa shape index (κ2) is 5.99. The van der Waals surface area contributed by atoms with Gasteiger partial charge in [-0.2, -0.15) is 5.26 Å². The molecule has 1 aromatic carbocycles. The molecule has 22 heavy (non-hydrogen) atoms. The molecule has 2 aromatic rings. The first-order chi connectivity index (χ1) is 10.6. The molecule has 3 rings (SSSR count). The van der Waals surface area contributed by atoms with Gasteiger partial charge in [-0.15, -0.1) is 0 Å². The summed E-state index contributed by atoms with van der Waals surface area (Å²) in [6.07, 6.45) is 1.84. The Balaban J connectivity index is 1.78. The highest BCUT2D eigenvalue weighted by molar-refractivity contribution is 7.97. The van der Waals surface area contributed by atoms with E-state index in [0.29, 0.717) is 5.69 Å². The van der Waals surface area contributed by atoms with Gasteiger partial charge in [-0.3, -0.25) is 4.79 Å². The minimum Gasteiger partial charge on any atom is -0.345 e.